The smallest absolute Gasteiger partial charge is 0.101 e. The molecule has 0 saturated heterocycles. The van der Waals surface area contributed by atoms with Gasteiger partial charge in [-0.05, 0) is 6.92 Å². The summed E-state index contributed by atoms with van der Waals surface area (Å²) in [5.41, 5.74) is 7.14. The molecule has 1 aromatic carbocycles. The Morgan fingerprint density at radius 1 is 0.909 bits per heavy atom. The molecule has 0 atom stereocenters. The van der Waals surface area contributed by atoms with Gasteiger partial charge in [-0.15, -0.1) is 5.46 Å². The van der Waals surface area contributed by atoms with Crippen molar-refractivity contribution in [3.05, 3.63) is 11.6 Å². The van der Waals surface area contributed by atoms with Gasteiger partial charge in [0.25, 0.3) is 0 Å². The fourth-order valence-corrected chi connectivity index (χ4v) is 1.41. The van der Waals surface area contributed by atoms with E-state index in [0.717, 1.165) is 0 Å². The normalized spacial score (nSPS) is 9.91. The van der Waals surface area contributed by atoms with Gasteiger partial charge in [0, 0.05) is 0 Å². The molecule has 11 heavy (non-hydrogen) atoms. The summed E-state index contributed by atoms with van der Waals surface area (Å²) in [6.07, 6.45) is 0. The van der Waals surface area contributed by atoms with E-state index in [4.69, 9.17) is 0 Å². The van der Waals surface area contributed by atoms with E-state index >= 15 is 0 Å². The first kappa shape index (κ1) is 8.58. The van der Waals surface area contributed by atoms with Crippen LogP contribution >= 0.6 is 0 Å². The van der Waals surface area contributed by atoms with Gasteiger partial charge in [0.2, 0.25) is 0 Å². The van der Waals surface area contributed by atoms with Crippen LogP contribution in [-0.2, 0) is 0 Å². The summed E-state index contributed by atoms with van der Waals surface area (Å²) in [6.45, 7) is 2.19. The molecule has 0 aromatic heterocycles. The van der Waals surface area contributed by atoms with E-state index in [2.05, 4.69) is 44.4 Å². The zero-order valence-electron chi connectivity index (χ0n) is 8.08. The standard InChI is InChI=1S/C7H12B4/c1-3-4(8)2-5(9)7(11)6(3)10/h2H,8-11H2,1H3. The molecule has 0 fully saturated rings. The van der Waals surface area contributed by atoms with Crippen molar-refractivity contribution in [1.29, 1.82) is 0 Å². The van der Waals surface area contributed by atoms with E-state index in [1.54, 1.807) is 0 Å². The van der Waals surface area contributed by atoms with Crippen LogP contribution in [-0.4, -0.2) is 31.4 Å². The predicted molar refractivity (Wildman–Crippen MR) is 63.9 cm³/mol. The molecule has 1 aromatic rings. The van der Waals surface area contributed by atoms with Crippen molar-refractivity contribution in [3.8, 4) is 0 Å². The Morgan fingerprint density at radius 3 is 2.00 bits per heavy atom. The van der Waals surface area contributed by atoms with Gasteiger partial charge in [-0.25, -0.2) is 0 Å². The van der Waals surface area contributed by atoms with Crippen LogP contribution in [0.1, 0.15) is 5.56 Å². The zero-order chi connectivity index (χ0) is 8.59. The third kappa shape index (κ3) is 1.40. The minimum Gasteiger partial charge on any atom is -0.101 e. The highest BCUT2D eigenvalue weighted by Gasteiger charge is 2.01. The van der Waals surface area contributed by atoms with E-state index in [1.165, 1.54) is 27.4 Å². The number of hydrogen-bond acceptors (Lipinski definition) is 0. The van der Waals surface area contributed by atoms with Crippen molar-refractivity contribution in [2.45, 2.75) is 6.92 Å². The Labute approximate surface area is 72.4 Å². The molecule has 0 aliphatic rings. The molecule has 0 spiro atoms. The highest BCUT2D eigenvalue weighted by atomic mass is 14.0. The van der Waals surface area contributed by atoms with Gasteiger partial charge in [0.05, 0.1) is 0 Å². The molecule has 0 bridgehead atoms. The second-order valence-corrected chi connectivity index (χ2v) is 3.39. The maximum atomic E-state index is 2.26. The van der Waals surface area contributed by atoms with Gasteiger partial charge in [0.1, 0.15) is 31.4 Å². The lowest BCUT2D eigenvalue weighted by atomic mass is 9.67. The van der Waals surface area contributed by atoms with E-state index in [9.17, 15) is 0 Å². The largest absolute Gasteiger partial charge is 0.139 e. The average Bonchev–Trinajstić information content (AvgIpc) is 1.97. The molecule has 0 heterocycles. The van der Waals surface area contributed by atoms with Crippen molar-refractivity contribution < 1.29 is 0 Å². The summed E-state index contributed by atoms with van der Waals surface area (Å²) < 4.78 is 0. The van der Waals surface area contributed by atoms with Crippen molar-refractivity contribution in [2.75, 3.05) is 0 Å². The Morgan fingerprint density at radius 2 is 1.45 bits per heavy atom. The fourth-order valence-electron chi connectivity index (χ4n) is 1.41. The molecule has 0 aliphatic carbocycles. The van der Waals surface area contributed by atoms with E-state index < -0.39 is 0 Å². The van der Waals surface area contributed by atoms with Crippen LogP contribution in [0.3, 0.4) is 0 Å². The lowest BCUT2D eigenvalue weighted by Crippen LogP contribution is -2.44. The summed E-state index contributed by atoms with van der Waals surface area (Å²) in [6, 6.07) is 2.26. The minimum atomic E-state index is 1.41. The van der Waals surface area contributed by atoms with Gasteiger partial charge >= 0.3 is 0 Å². The van der Waals surface area contributed by atoms with Crippen LogP contribution in [0.15, 0.2) is 6.07 Å². The first-order chi connectivity index (χ1) is 5.04. The van der Waals surface area contributed by atoms with Crippen LogP contribution in [0.25, 0.3) is 0 Å². The second kappa shape index (κ2) is 2.84. The van der Waals surface area contributed by atoms with Crippen molar-refractivity contribution in [2.24, 2.45) is 0 Å². The first-order valence-corrected chi connectivity index (χ1v) is 4.08. The maximum Gasteiger partial charge on any atom is 0.139 e. The summed E-state index contributed by atoms with van der Waals surface area (Å²) in [4.78, 5) is 0. The number of rotatable bonds is 0. The SMILES string of the molecule is Bc1cc(B)c(C)c(B)c1B. The Kier molecular flexibility index (Phi) is 2.22. The molecule has 1 rings (SSSR count). The Balaban J connectivity index is 3.46. The van der Waals surface area contributed by atoms with E-state index in [1.807, 2.05) is 0 Å². The quantitative estimate of drug-likeness (QED) is 0.316. The summed E-state index contributed by atoms with van der Waals surface area (Å²) >= 11 is 0. The van der Waals surface area contributed by atoms with Gasteiger partial charge in [-0.2, -0.15) is 0 Å². The van der Waals surface area contributed by atoms with Crippen LogP contribution in [0.2, 0.25) is 0 Å². The van der Waals surface area contributed by atoms with Gasteiger partial charge < -0.3 is 0 Å². The minimum absolute atomic E-state index is 1.41. The lowest BCUT2D eigenvalue weighted by Gasteiger charge is -2.11. The predicted octanol–water partition coefficient (Wildman–Crippen LogP) is -4.97. The molecule has 4 heteroatoms. The average molecular weight is 139 g/mol. The van der Waals surface area contributed by atoms with Gasteiger partial charge in [0.15, 0.2) is 0 Å². The Hall–Kier alpha value is -0.520. The molecule has 0 nitrogen and oxygen atoms in total. The molecule has 0 aliphatic heterocycles. The van der Waals surface area contributed by atoms with Crippen LogP contribution in [0.5, 0.6) is 0 Å². The molecule has 0 amide bonds. The highest BCUT2D eigenvalue weighted by molar-refractivity contribution is 6.59. The zero-order valence-corrected chi connectivity index (χ0v) is 8.08. The molecule has 0 radical (unpaired) electrons. The summed E-state index contributed by atoms with van der Waals surface area (Å²) in [5, 5.41) is 0. The van der Waals surface area contributed by atoms with Crippen molar-refractivity contribution in [3.63, 3.8) is 0 Å². The molecule has 0 N–H and O–H groups in total. The van der Waals surface area contributed by atoms with Crippen LogP contribution in [0.4, 0.5) is 0 Å². The van der Waals surface area contributed by atoms with E-state index in [0.29, 0.717) is 0 Å². The fraction of sp³-hybridized carbons (Fsp3) is 0.143. The molecule has 52 valence electrons. The van der Waals surface area contributed by atoms with Gasteiger partial charge in [-0.1, -0.05) is 28.0 Å². The summed E-state index contributed by atoms with van der Waals surface area (Å²) in [5.74, 6) is 0. The summed E-state index contributed by atoms with van der Waals surface area (Å²) in [7, 11) is 8.74. The topological polar surface area (TPSA) is 0 Å². The van der Waals surface area contributed by atoms with E-state index in [-0.39, 0.29) is 0 Å². The molecular weight excluding hydrogens is 127 g/mol. The van der Waals surface area contributed by atoms with Crippen LogP contribution in [0, 0.1) is 6.92 Å². The monoisotopic (exact) mass is 140 g/mol. The number of hydrogen-bond donors (Lipinski definition) is 0. The lowest BCUT2D eigenvalue weighted by molar-refractivity contribution is 1.59. The maximum absolute atomic E-state index is 2.26. The Bertz CT molecular complexity index is 267. The number of benzene rings is 1. The molecular formula is C7H12B4. The molecule has 0 unspecified atom stereocenters. The highest BCUT2D eigenvalue weighted by Crippen LogP contribution is 1.80. The first-order valence-electron chi connectivity index (χ1n) is 4.08. The van der Waals surface area contributed by atoms with Crippen LogP contribution < -0.4 is 21.9 Å². The van der Waals surface area contributed by atoms with Gasteiger partial charge in [-0.3, -0.25) is 0 Å². The third-order valence-electron chi connectivity index (χ3n) is 2.74. The third-order valence-corrected chi connectivity index (χ3v) is 2.74. The van der Waals surface area contributed by atoms with Crippen molar-refractivity contribution in [1.82, 2.24) is 0 Å². The van der Waals surface area contributed by atoms with Crippen molar-refractivity contribution >= 4 is 53.2 Å². The molecule has 0 saturated carbocycles. The second-order valence-electron chi connectivity index (χ2n) is 3.39.